The van der Waals surface area contributed by atoms with Gasteiger partial charge in [-0.25, -0.2) is 9.37 Å². The molecule has 0 aromatic carbocycles. The first-order chi connectivity index (χ1) is 7.25. The van der Waals surface area contributed by atoms with Crippen molar-refractivity contribution in [3.63, 3.8) is 0 Å². The smallest absolute Gasteiger partial charge is 0.224 e. The van der Waals surface area contributed by atoms with Gasteiger partial charge >= 0.3 is 0 Å². The Morgan fingerprint density at radius 3 is 2.93 bits per heavy atom. The van der Waals surface area contributed by atoms with Crippen molar-refractivity contribution in [3.05, 3.63) is 17.3 Å². The fourth-order valence-corrected chi connectivity index (χ4v) is 1.74. The fourth-order valence-electron chi connectivity index (χ4n) is 1.61. The van der Waals surface area contributed by atoms with E-state index in [0.29, 0.717) is 0 Å². The Hall–Kier alpha value is -0.940. The average Bonchev–Trinajstić information content (AvgIpc) is 2.25. The normalized spacial score (nSPS) is 17.7. The van der Waals surface area contributed by atoms with Crippen LogP contribution in [-0.4, -0.2) is 29.1 Å². The lowest BCUT2D eigenvalue weighted by molar-refractivity contribution is 0.475. The average molecular weight is 231 g/mol. The number of nitrogens with one attached hydrogen (secondary N) is 2. The third-order valence-corrected chi connectivity index (χ3v) is 2.58. The van der Waals surface area contributed by atoms with Gasteiger partial charge in [-0.3, -0.25) is 0 Å². The number of aromatic nitrogens is 2. The standard InChI is InChI=1S/C9H12ClFN4/c10-9-13-5-7(11)8(15-9)14-6-1-3-12-4-2-6/h5-6,12H,1-4H2,(H,13,14,15). The summed E-state index contributed by atoms with van der Waals surface area (Å²) in [6.07, 6.45) is 3.00. The molecule has 1 aromatic heterocycles. The van der Waals surface area contributed by atoms with Gasteiger partial charge in [-0.1, -0.05) is 0 Å². The molecule has 0 amide bonds. The van der Waals surface area contributed by atoms with E-state index in [-0.39, 0.29) is 17.1 Å². The summed E-state index contributed by atoms with van der Waals surface area (Å²) in [6, 6.07) is 0.256. The molecule has 2 heterocycles. The number of hydrogen-bond donors (Lipinski definition) is 2. The van der Waals surface area contributed by atoms with E-state index in [2.05, 4.69) is 20.6 Å². The molecule has 0 spiro atoms. The van der Waals surface area contributed by atoms with Gasteiger partial charge in [0.1, 0.15) is 0 Å². The van der Waals surface area contributed by atoms with Crippen molar-refractivity contribution in [3.8, 4) is 0 Å². The van der Waals surface area contributed by atoms with Crippen molar-refractivity contribution in [1.29, 1.82) is 0 Å². The van der Waals surface area contributed by atoms with Gasteiger partial charge in [-0.2, -0.15) is 4.98 Å². The molecule has 15 heavy (non-hydrogen) atoms. The Labute approximate surface area is 92.3 Å². The summed E-state index contributed by atoms with van der Waals surface area (Å²) in [5.74, 6) is -0.264. The van der Waals surface area contributed by atoms with Gasteiger partial charge in [0.25, 0.3) is 0 Å². The zero-order valence-electron chi connectivity index (χ0n) is 8.13. The summed E-state index contributed by atoms with van der Waals surface area (Å²) in [4.78, 5) is 7.37. The molecule has 1 aliphatic rings. The number of hydrogen-bond acceptors (Lipinski definition) is 4. The third kappa shape index (κ3) is 2.76. The molecule has 82 valence electrons. The van der Waals surface area contributed by atoms with E-state index < -0.39 is 5.82 Å². The van der Waals surface area contributed by atoms with E-state index in [9.17, 15) is 4.39 Å². The number of piperidine rings is 1. The Bertz CT molecular complexity index is 341. The van der Waals surface area contributed by atoms with Crippen LogP contribution in [0.25, 0.3) is 0 Å². The molecular formula is C9H12ClFN4. The van der Waals surface area contributed by atoms with Gasteiger partial charge in [0.2, 0.25) is 5.28 Å². The summed E-state index contributed by atoms with van der Waals surface area (Å²) in [5.41, 5.74) is 0. The van der Waals surface area contributed by atoms with Crippen LogP contribution in [0.5, 0.6) is 0 Å². The van der Waals surface area contributed by atoms with Crippen molar-refractivity contribution >= 4 is 17.4 Å². The Kier molecular flexibility index (Phi) is 3.33. The first-order valence-corrected chi connectivity index (χ1v) is 5.29. The van der Waals surface area contributed by atoms with E-state index in [0.717, 1.165) is 32.1 Å². The largest absolute Gasteiger partial charge is 0.365 e. The molecule has 0 bridgehead atoms. The van der Waals surface area contributed by atoms with Crippen LogP contribution in [0.3, 0.4) is 0 Å². The predicted molar refractivity (Wildman–Crippen MR) is 56.5 cm³/mol. The van der Waals surface area contributed by atoms with E-state index in [4.69, 9.17) is 11.6 Å². The third-order valence-electron chi connectivity index (χ3n) is 2.39. The highest BCUT2D eigenvalue weighted by Crippen LogP contribution is 2.15. The summed E-state index contributed by atoms with van der Waals surface area (Å²) < 4.78 is 13.3. The maximum absolute atomic E-state index is 13.3. The van der Waals surface area contributed by atoms with Crippen LogP contribution >= 0.6 is 11.6 Å². The topological polar surface area (TPSA) is 49.8 Å². The lowest BCUT2D eigenvalue weighted by atomic mass is 10.1. The van der Waals surface area contributed by atoms with Gasteiger partial charge in [0.15, 0.2) is 11.6 Å². The van der Waals surface area contributed by atoms with Crippen molar-refractivity contribution in [2.24, 2.45) is 0 Å². The van der Waals surface area contributed by atoms with Crippen LogP contribution in [0.1, 0.15) is 12.8 Å². The highest BCUT2D eigenvalue weighted by atomic mass is 35.5. The second kappa shape index (κ2) is 4.72. The molecule has 1 saturated heterocycles. The molecule has 4 nitrogen and oxygen atoms in total. The monoisotopic (exact) mass is 230 g/mol. The molecular weight excluding hydrogens is 219 g/mol. The molecule has 1 fully saturated rings. The minimum absolute atomic E-state index is 0.0628. The van der Waals surface area contributed by atoms with Gasteiger partial charge in [0, 0.05) is 6.04 Å². The van der Waals surface area contributed by atoms with Crippen molar-refractivity contribution in [1.82, 2.24) is 15.3 Å². The van der Waals surface area contributed by atoms with Gasteiger partial charge in [-0.15, -0.1) is 0 Å². The van der Waals surface area contributed by atoms with Crippen molar-refractivity contribution in [2.45, 2.75) is 18.9 Å². The van der Waals surface area contributed by atoms with Crippen LogP contribution in [0.2, 0.25) is 5.28 Å². The van der Waals surface area contributed by atoms with E-state index >= 15 is 0 Å². The second-order valence-corrected chi connectivity index (χ2v) is 3.84. The fraction of sp³-hybridized carbons (Fsp3) is 0.556. The van der Waals surface area contributed by atoms with Crippen LogP contribution < -0.4 is 10.6 Å². The van der Waals surface area contributed by atoms with E-state index in [1.807, 2.05) is 0 Å². The number of halogens is 2. The van der Waals surface area contributed by atoms with Crippen LogP contribution in [0.15, 0.2) is 6.20 Å². The zero-order chi connectivity index (χ0) is 10.7. The van der Waals surface area contributed by atoms with Crippen LogP contribution in [0, 0.1) is 5.82 Å². The van der Waals surface area contributed by atoms with Crippen LogP contribution in [-0.2, 0) is 0 Å². The minimum Gasteiger partial charge on any atom is -0.365 e. The van der Waals surface area contributed by atoms with E-state index in [1.54, 1.807) is 0 Å². The summed E-state index contributed by atoms with van der Waals surface area (Å²) >= 11 is 5.59. The van der Waals surface area contributed by atoms with E-state index in [1.165, 1.54) is 0 Å². The predicted octanol–water partition coefficient (Wildman–Crippen LogP) is 1.43. The summed E-state index contributed by atoms with van der Waals surface area (Å²) in [6.45, 7) is 1.89. The molecule has 6 heteroatoms. The summed E-state index contributed by atoms with van der Waals surface area (Å²) in [5, 5.41) is 6.34. The van der Waals surface area contributed by atoms with Crippen molar-refractivity contribution < 1.29 is 4.39 Å². The molecule has 0 atom stereocenters. The lowest BCUT2D eigenvalue weighted by Crippen LogP contribution is -2.35. The molecule has 0 saturated carbocycles. The van der Waals surface area contributed by atoms with Gasteiger partial charge in [0.05, 0.1) is 6.20 Å². The lowest BCUT2D eigenvalue weighted by Gasteiger charge is -2.24. The maximum Gasteiger partial charge on any atom is 0.224 e. The number of rotatable bonds is 2. The Morgan fingerprint density at radius 1 is 1.47 bits per heavy atom. The Balaban J connectivity index is 2.05. The first-order valence-electron chi connectivity index (χ1n) is 4.91. The maximum atomic E-state index is 13.3. The zero-order valence-corrected chi connectivity index (χ0v) is 8.89. The number of nitrogens with zero attached hydrogens (tertiary/aromatic N) is 2. The SMILES string of the molecule is Fc1cnc(Cl)nc1NC1CCNCC1. The minimum atomic E-state index is -0.460. The molecule has 0 aliphatic carbocycles. The highest BCUT2D eigenvalue weighted by molar-refractivity contribution is 6.28. The number of anilines is 1. The highest BCUT2D eigenvalue weighted by Gasteiger charge is 2.15. The Morgan fingerprint density at radius 2 is 2.20 bits per heavy atom. The molecule has 0 radical (unpaired) electrons. The second-order valence-electron chi connectivity index (χ2n) is 3.50. The molecule has 2 N–H and O–H groups in total. The van der Waals surface area contributed by atoms with Gasteiger partial charge < -0.3 is 10.6 Å². The van der Waals surface area contributed by atoms with Crippen molar-refractivity contribution in [2.75, 3.05) is 18.4 Å². The molecule has 2 rings (SSSR count). The van der Waals surface area contributed by atoms with Gasteiger partial charge in [-0.05, 0) is 37.5 Å². The van der Waals surface area contributed by atoms with Crippen LogP contribution in [0.4, 0.5) is 10.2 Å². The molecule has 0 unspecified atom stereocenters. The quantitative estimate of drug-likeness (QED) is 0.755. The molecule has 1 aromatic rings. The molecule has 1 aliphatic heterocycles. The summed E-state index contributed by atoms with van der Waals surface area (Å²) in [7, 11) is 0. The first kappa shape index (κ1) is 10.6.